The van der Waals surface area contributed by atoms with Gasteiger partial charge in [0.15, 0.2) is 0 Å². The van der Waals surface area contributed by atoms with Gasteiger partial charge in [-0.3, -0.25) is 9.59 Å². The lowest BCUT2D eigenvalue weighted by Crippen LogP contribution is -2.37. The second kappa shape index (κ2) is 10.1. The van der Waals surface area contributed by atoms with E-state index in [0.717, 1.165) is 15.3 Å². The maximum Gasteiger partial charge on any atom is 0.325 e. The molecule has 1 aromatic heterocycles. The maximum atomic E-state index is 12.4. The van der Waals surface area contributed by atoms with Gasteiger partial charge in [-0.15, -0.1) is 11.3 Å². The third-order valence-corrected chi connectivity index (χ3v) is 4.89. The standard InChI is InChI=1S/C19H20ClNO4S/c1-24-11-10-21(13-19(23)25-2)18(22)9-7-16-6-8-17(26-16)14-4-3-5-15(20)12-14/h3-9,12H,10-11,13H2,1-2H3. The lowest BCUT2D eigenvalue weighted by molar-refractivity contribution is -0.145. The number of benzene rings is 1. The first-order chi connectivity index (χ1) is 12.5. The van der Waals surface area contributed by atoms with E-state index in [1.54, 1.807) is 24.5 Å². The molecular formula is C19H20ClNO4S. The van der Waals surface area contributed by atoms with Crippen molar-refractivity contribution in [2.45, 2.75) is 0 Å². The summed E-state index contributed by atoms with van der Waals surface area (Å²) in [6.07, 6.45) is 3.18. The van der Waals surface area contributed by atoms with Gasteiger partial charge in [-0.1, -0.05) is 23.7 Å². The minimum absolute atomic E-state index is 0.110. The monoisotopic (exact) mass is 393 g/mol. The molecule has 138 valence electrons. The Bertz CT molecular complexity index is 787. The zero-order chi connectivity index (χ0) is 18.9. The van der Waals surface area contributed by atoms with E-state index in [-0.39, 0.29) is 12.5 Å². The molecule has 2 rings (SSSR count). The van der Waals surface area contributed by atoms with Crippen molar-refractivity contribution >= 4 is 40.9 Å². The number of thiophene rings is 1. The van der Waals surface area contributed by atoms with Gasteiger partial charge in [0.05, 0.1) is 13.7 Å². The lowest BCUT2D eigenvalue weighted by atomic mass is 10.2. The van der Waals surface area contributed by atoms with Crippen molar-refractivity contribution in [2.24, 2.45) is 0 Å². The Morgan fingerprint density at radius 2 is 2.04 bits per heavy atom. The van der Waals surface area contributed by atoms with Crippen LogP contribution in [0.5, 0.6) is 0 Å². The van der Waals surface area contributed by atoms with Gasteiger partial charge in [0.1, 0.15) is 6.54 Å². The van der Waals surface area contributed by atoms with Gasteiger partial charge in [-0.05, 0) is 35.9 Å². The number of nitrogens with zero attached hydrogens (tertiary/aromatic N) is 1. The molecule has 0 saturated heterocycles. The summed E-state index contributed by atoms with van der Waals surface area (Å²) in [5, 5.41) is 0.680. The van der Waals surface area contributed by atoms with E-state index in [1.807, 2.05) is 36.4 Å². The number of amides is 1. The van der Waals surface area contributed by atoms with Gasteiger partial charge in [0, 0.05) is 34.5 Å². The lowest BCUT2D eigenvalue weighted by Gasteiger charge is -2.19. The Morgan fingerprint density at radius 3 is 2.73 bits per heavy atom. The summed E-state index contributed by atoms with van der Waals surface area (Å²) in [5.74, 6) is -0.743. The molecule has 26 heavy (non-hydrogen) atoms. The molecule has 1 aromatic carbocycles. The number of rotatable bonds is 8. The van der Waals surface area contributed by atoms with E-state index in [0.29, 0.717) is 18.2 Å². The zero-order valence-electron chi connectivity index (χ0n) is 14.6. The maximum absolute atomic E-state index is 12.4. The minimum Gasteiger partial charge on any atom is -0.468 e. The number of ether oxygens (including phenoxy) is 2. The van der Waals surface area contributed by atoms with Crippen molar-refractivity contribution in [3.05, 3.63) is 52.4 Å². The van der Waals surface area contributed by atoms with Gasteiger partial charge < -0.3 is 14.4 Å². The highest BCUT2D eigenvalue weighted by molar-refractivity contribution is 7.16. The van der Waals surface area contributed by atoms with Crippen LogP contribution in [0.1, 0.15) is 4.88 Å². The van der Waals surface area contributed by atoms with Gasteiger partial charge in [-0.25, -0.2) is 0 Å². The van der Waals surface area contributed by atoms with Crippen LogP contribution in [0.25, 0.3) is 16.5 Å². The van der Waals surface area contributed by atoms with E-state index >= 15 is 0 Å². The van der Waals surface area contributed by atoms with Crippen LogP contribution in [0.4, 0.5) is 0 Å². The van der Waals surface area contributed by atoms with Crippen LogP contribution in [0, 0.1) is 0 Å². The first-order valence-corrected chi connectivity index (χ1v) is 9.11. The third kappa shape index (κ3) is 5.98. The molecule has 0 fully saturated rings. The SMILES string of the molecule is COCCN(CC(=O)OC)C(=O)C=Cc1ccc(-c2cccc(Cl)c2)s1. The van der Waals surface area contributed by atoms with Crippen molar-refractivity contribution in [1.29, 1.82) is 0 Å². The Morgan fingerprint density at radius 1 is 1.23 bits per heavy atom. The molecule has 0 aliphatic heterocycles. The fourth-order valence-corrected chi connectivity index (χ4v) is 3.28. The number of carbonyl (C=O) groups is 2. The first-order valence-electron chi connectivity index (χ1n) is 7.92. The third-order valence-electron chi connectivity index (χ3n) is 3.55. The number of esters is 1. The van der Waals surface area contributed by atoms with Crippen LogP contribution in [-0.4, -0.2) is 50.7 Å². The largest absolute Gasteiger partial charge is 0.468 e. The van der Waals surface area contributed by atoms with E-state index < -0.39 is 5.97 Å². The molecule has 0 radical (unpaired) electrons. The summed E-state index contributed by atoms with van der Waals surface area (Å²) in [6.45, 7) is 0.544. The fraction of sp³-hybridized carbons (Fsp3) is 0.263. The first kappa shape index (κ1) is 20.2. The van der Waals surface area contributed by atoms with E-state index in [4.69, 9.17) is 16.3 Å². The summed E-state index contributed by atoms with van der Waals surface area (Å²) in [4.78, 5) is 27.2. The summed E-state index contributed by atoms with van der Waals surface area (Å²) < 4.78 is 9.61. The Labute approximate surface area is 161 Å². The number of carbonyl (C=O) groups excluding carboxylic acids is 2. The molecule has 0 aliphatic rings. The van der Waals surface area contributed by atoms with Crippen molar-refractivity contribution in [1.82, 2.24) is 4.90 Å². The van der Waals surface area contributed by atoms with Crippen molar-refractivity contribution in [2.75, 3.05) is 33.9 Å². The van der Waals surface area contributed by atoms with Crippen LogP contribution in [0.3, 0.4) is 0 Å². The molecule has 1 amide bonds. The number of methoxy groups -OCH3 is 2. The predicted molar refractivity (Wildman–Crippen MR) is 104 cm³/mol. The minimum atomic E-state index is -0.470. The molecule has 1 heterocycles. The van der Waals surface area contributed by atoms with Crippen molar-refractivity contribution < 1.29 is 19.1 Å². The van der Waals surface area contributed by atoms with Crippen LogP contribution >= 0.6 is 22.9 Å². The molecule has 0 bridgehead atoms. The quantitative estimate of drug-likeness (QED) is 0.506. The van der Waals surface area contributed by atoms with Gasteiger partial charge >= 0.3 is 5.97 Å². The average Bonchev–Trinajstić information content (AvgIpc) is 3.12. The predicted octanol–water partition coefficient (Wildman–Crippen LogP) is 3.73. The number of hydrogen-bond donors (Lipinski definition) is 0. The van der Waals surface area contributed by atoms with E-state index in [2.05, 4.69) is 4.74 Å². The fourth-order valence-electron chi connectivity index (χ4n) is 2.19. The van der Waals surface area contributed by atoms with Gasteiger partial charge in [0.2, 0.25) is 5.91 Å². The van der Waals surface area contributed by atoms with Gasteiger partial charge in [0.25, 0.3) is 0 Å². The van der Waals surface area contributed by atoms with Crippen LogP contribution in [0.2, 0.25) is 5.02 Å². The molecular weight excluding hydrogens is 374 g/mol. The molecule has 2 aromatic rings. The normalized spacial score (nSPS) is 10.9. The number of hydrogen-bond acceptors (Lipinski definition) is 5. The summed E-state index contributed by atoms with van der Waals surface area (Å²) in [7, 11) is 2.83. The van der Waals surface area contributed by atoms with Crippen molar-refractivity contribution in [3.63, 3.8) is 0 Å². The number of halogens is 1. The second-order valence-electron chi connectivity index (χ2n) is 5.37. The molecule has 0 aliphatic carbocycles. The second-order valence-corrected chi connectivity index (χ2v) is 6.93. The summed E-state index contributed by atoms with van der Waals surface area (Å²) >= 11 is 7.58. The Hall–Kier alpha value is -2.15. The average molecular weight is 394 g/mol. The smallest absolute Gasteiger partial charge is 0.325 e. The summed E-state index contributed by atoms with van der Waals surface area (Å²) in [5.41, 5.74) is 1.03. The Kier molecular flexibility index (Phi) is 7.84. The molecule has 5 nitrogen and oxygen atoms in total. The Balaban J connectivity index is 2.07. The van der Waals surface area contributed by atoms with E-state index in [9.17, 15) is 9.59 Å². The summed E-state index contributed by atoms with van der Waals surface area (Å²) in [6, 6.07) is 11.5. The van der Waals surface area contributed by atoms with Crippen LogP contribution < -0.4 is 0 Å². The highest BCUT2D eigenvalue weighted by atomic mass is 35.5. The molecule has 0 spiro atoms. The highest BCUT2D eigenvalue weighted by Crippen LogP contribution is 2.30. The molecule has 0 atom stereocenters. The topological polar surface area (TPSA) is 55.8 Å². The molecule has 0 saturated carbocycles. The van der Waals surface area contributed by atoms with Crippen LogP contribution in [-0.2, 0) is 19.1 Å². The zero-order valence-corrected chi connectivity index (χ0v) is 16.2. The molecule has 0 unspecified atom stereocenters. The van der Waals surface area contributed by atoms with Crippen LogP contribution in [0.15, 0.2) is 42.5 Å². The molecule has 7 heteroatoms. The highest BCUT2D eigenvalue weighted by Gasteiger charge is 2.15. The van der Waals surface area contributed by atoms with Crippen molar-refractivity contribution in [3.8, 4) is 10.4 Å². The van der Waals surface area contributed by atoms with E-state index in [1.165, 1.54) is 18.1 Å². The van der Waals surface area contributed by atoms with Gasteiger partial charge in [-0.2, -0.15) is 0 Å². The molecule has 0 N–H and O–H groups in total.